The molecule has 1 unspecified atom stereocenters. The molecule has 2 aromatic carbocycles. The SMILES string of the molecule is Cc1cc(Br)cc(C)c1NC1CCCc2ccccc21. The maximum Gasteiger partial charge on any atom is 0.0516 e. The molecular formula is C18H20BrN. The van der Waals surface area contributed by atoms with Crippen LogP contribution in [0.5, 0.6) is 0 Å². The summed E-state index contributed by atoms with van der Waals surface area (Å²) < 4.78 is 1.15. The van der Waals surface area contributed by atoms with Gasteiger partial charge in [0.1, 0.15) is 0 Å². The molecule has 0 amide bonds. The molecule has 0 saturated heterocycles. The van der Waals surface area contributed by atoms with Crippen molar-refractivity contribution < 1.29 is 0 Å². The summed E-state index contributed by atoms with van der Waals surface area (Å²) in [7, 11) is 0. The summed E-state index contributed by atoms with van der Waals surface area (Å²) in [5.74, 6) is 0. The van der Waals surface area contributed by atoms with E-state index >= 15 is 0 Å². The van der Waals surface area contributed by atoms with Crippen LogP contribution >= 0.6 is 15.9 Å². The van der Waals surface area contributed by atoms with Crippen LogP contribution in [0.2, 0.25) is 0 Å². The zero-order chi connectivity index (χ0) is 14.1. The van der Waals surface area contributed by atoms with Gasteiger partial charge in [0.05, 0.1) is 6.04 Å². The van der Waals surface area contributed by atoms with E-state index in [-0.39, 0.29) is 0 Å². The molecule has 2 aromatic rings. The van der Waals surface area contributed by atoms with Gasteiger partial charge in [0, 0.05) is 10.2 Å². The molecule has 0 bridgehead atoms. The molecule has 0 radical (unpaired) electrons. The third kappa shape index (κ3) is 2.62. The standard InChI is InChI=1S/C18H20BrN/c1-12-10-15(19)11-13(2)18(12)20-17-9-5-7-14-6-3-4-8-16(14)17/h3-4,6,8,10-11,17,20H,5,7,9H2,1-2H3. The monoisotopic (exact) mass is 329 g/mol. The fraction of sp³-hybridized carbons (Fsp3) is 0.333. The molecule has 0 spiro atoms. The van der Waals surface area contributed by atoms with Gasteiger partial charge in [0.15, 0.2) is 0 Å². The number of hydrogen-bond donors (Lipinski definition) is 1. The van der Waals surface area contributed by atoms with E-state index in [0.717, 1.165) is 4.47 Å². The van der Waals surface area contributed by atoms with Gasteiger partial charge >= 0.3 is 0 Å². The molecule has 104 valence electrons. The first kappa shape index (κ1) is 13.7. The summed E-state index contributed by atoms with van der Waals surface area (Å²) in [5, 5.41) is 3.78. The second-order valence-electron chi connectivity index (χ2n) is 5.70. The average molecular weight is 330 g/mol. The van der Waals surface area contributed by atoms with Gasteiger partial charge in [-0.05, 0) is 67.5 Å². The predicted molar refractivity (Wildman–Crippen MR) is 89.4 cm³/mol. The van der Waals surface area contributed by atoms with Gasteiger partial charge in [-0.1, -0.05) is 40.2 Å². The van der Waals surface area contributed by atoms with Crippen LogP contribution in [-0.2, 0) is 6.42 Å². The number of nitrogens with one attached hydrogen (secondary N) is 1. The summed E-state index contributed by atoms with van der Waals surface area (Å²) in [6.07, 6.45) is 3.70. The Morgan fingerprint density at radius 2 is 1.80 bits per heavy atom. The lowest BCUT2D eigenvalue weighted by atomic mass is 9.87. The van der Waals surface area contributed by atoms with Crippen LogP contribution in [0.3, 0.4) is 0 Å². The molecule has 1 aliphatic rings. The van der Waals surface area contributed by atoms with Crippen molar-refractivity contribution in [1.82, 2.24) is 0 Å². The first-order valence-electron chi connectivity index (χ1n) is 7.26. The van der Waals surface area contributed by atoms with Crippen LogP contribution in [0, 0.1) is 13.8 Å². The summed E-state index contributed by atoms with van der Waals surface area (Å²) in [5.41, 5.74) is 6.87. The Morgan fingerprint density at radius 3 is 2.55 bits per heavy atom. The number of rotatable bonds is 2. The quantitative estimate of drug-likeness (QED) is 0.760. The van der Waals surface area contributed by atoms with Crippen molar-refractivity contribution in [3.8, 4) is 0 Å². The topological polar surface area (TPSA) is 12.0 Å². The number of hydrogen-bond acceptors (Lipinski definition) is 1. The summed E-state index contributed by atoms with van der Waals surface area (Å²) in [6.45, 7) is 4.35. The summed E-state index contributed by atoms with van der Waals surface area (Å²) in [4.78, 5) is 0. The van der Waals surface area contributed by atoms with Crippen LogP contribution in [0.25, 0.3) is 0 Å². The Hall–Kier alpha value is -1.28. The van der Waals surface area contributed by atoms with Crippen LogP contribution in [0.15, 0.2) is 40.9 Å². The molecule has 0 aromatic heterocycles. The van der Waals surface area contributed by atoms with Gasteiger partial charge in [-0.3, -0.25) is 0 Å². The average Bonchev–Trinajstić information content (AvgIpc) is 2.43. The van der Waals surface area contributed by atoms with Gasteiger partial charge in [0.25, 0.3) is 0 Å². The molecule has 1 aliphatic carbocycles. The number of aryl methyl sites for hydroxylation is 3. The van der Waals surface area contributed by atoms with E-state index in [1.807, 2.05) is 0 Å². The second-order valence-corrected chi connectivity index (χ2v) is 6.62. The highest BCUT2D eigenvalue weighted by atomic mass is 79.9. The number of fused-ring (bicyclic) bond motifs is 1. The Balaban J connectivity index is 1.94. The highest BCUT2D eigenvalue weighted by Crippen LogP contribution is 2.35. The fourth-order valence-corrected chi connectivity index (χ4v) is 3.90. The largest absolute Gasteiger partial charge is 0.378 e. The lowest BCUT2D eigenvalue weighted by molar-refractivity contribution is 0.600. The third-order valence-corrected chi connectivity index (χ3v) is 4.64. The predicted octanol–water partition coefficient (Wildman–Crippen LogP) is 5.56. The van der Waals surface area contributed by atoms with Gasteiger partial charge in [-0.15, -0.1) is 0 Å². The minimum atomic E-state index is 0.443. The zero-order valence-electron chi connectivity index (χ0n) is 12.0. The van der Waals surface area contributed by atoms with Gasteiger partial charge < -0.3 is 5.32 Å². The minimum absolute atomic E-state index is 0.443. The van der Waals surface area contributed by atoms with E-state index in [4.69, 9.17) is 0 Å². The first-order chi connectivity index (χ1) is 9.65. The zero-order valence-corrected chi connectivity index (χ0v) is 13.6. The van der Waals surface area contributed by atoms with Crippen molar-refractivity contribution in [1.29, 1.82) is 0 Å². The Bertz CT molecular complexity index is 610. The molecule has 20 heavy (non-hydrogen) atoms. The number of halogens is 1. The van der Waals surface area contributed by atoms with Crippen LogP contribution < -0.4 is 5.32 Å². The maximum absolute atomic E-state index is 3.78. The molecule has 3 rings (SSSR count). The van der Waals surface area contributed by atoms with Crippen molar-refractivity contribution >= 4 is 21.6 Å². The molecule has 2 heteroatoms. The first-order valence-corrected chi connectivity index (χ1v) is 8.05. The molecular weight excluding hydrogens is 310 g/mol. The Labute approximate surface area is 129 Å². The maximum atomic E-state index is 3.78. The number of anilines is 1. The lowest BCUT2D eigenvalue weighted by Gasteiger charge is -2.28. The van der Waals surface area contributed by atoms with Crippen molar-refractivity contribution in [2.45, 2.75) is 39.2 Å². The molecule has 1 N–H and O–H groups in total. The molecule has 0 fully saturated rings. The second kappa shape index (κ2) is 5.61. The smallest absolute Gasteiger partial charge is 0.0516 e. The van der Waals surface area contributed by atoms with E-state index in [0.29, 0.717) is 6.04 Å². The van der Waals surface area contributed by atoms with Gasteiger partial charge in [-0.25, -0.2) is 0 Å². The van der Waals surface area contributed by atoms with E-state index in [1.54, 1.807) is 0 Å². The van der Waals surface area contributed by atoms with E-state index in [1.165, 1.54) is 47.2 Å². The highest BCUT2D eigenvalue weighted by Gasteiger charge is 2.20. The van der Waals surface area contributed by atoms with Crippen LogP contribution in [0.1, 0.15) is 41.1 Å². The van der Waals surface area contributed by atoms with Gasteiger partial charge in [0.2, 0.25) is 0 Å². The Kier molecular flexibility index (Phi) is 3.84. The van der Waals surface area contributed by atoms with E-state index in [9.17, 15) is 0 Å². The molecule has 0 heterocycles. The molecule has 0 aliphatic heterocycles. The van der Waals surface area contributed by atoms with Crippen LogP contribution in [0.4, 0.5) is 5.69 Å². The fourth-order valence-electron chi connectivity index (χ4n) is 3.22. The Morgan fingerprint density at radius 1 is 1.10 bits per heavy atom. The minimum Gasteiger partial charge on any atom is -0.378 e. The van der Waals surface area contributed by atoms with E-state index in [2.05, 4.69) is 71.5 Å². The van der Waals surface area contributed by atoms with Gasteiger partial charge in [-0.2, -0.15) is 0 Å². The van der Waals surface area contributed by atoms with Crippen molar-refractivity contribution in [3.63, 3.8) is 0 Å². The van der Waals surface area contributed by atoms with Crippen molar-refractivity contribution in [2.75, 3.05) is 5.32 Å². The number of benzene rings is 2. The summed E-state index contributed by atoms with van der Waals surface area (Å²) in [6, 6.07) is 13.7. The normalized spacial score (nSPS) is 17.6. The highest BCUT2D eigenvalue weighted by molar-refractivity contribution is 9.10. The molecule has 1 nitrogen and oxygen atoms in total. The van der Waals surface area contributed by atoms with Crippen molar-refractivity contribution in [2.24, 2.45) is 0 Å². The van der Waals surface area contributed by atoms with E-state index < -0.39 is 0 Å². The van der Waals surface area contributed by atoms with Crippen molar-refractivity contribution in [3.05, 3.63) is 63.1 Å². The summed E-state index contributed by atoms with van der Waals surface area (Å²) >= 11 is 3.57. The van der Waals surface area contributed by atoms with Crippen LogP contribution in [-0.4, -0.2) is 0 Å². The lowest BCUT2D eigenvalue weighted by Crippen LogP contribution is -2.18. The third-order valence-electron chi connectivity index (χ3n) is 4.19. The molecule has 0 saturated carbocycles. The molecule has 1 atom stereocenters.